The molecule has 9 nitrogen and oxygen atoms in total. The first kappa shape index (κ1) is 23.0. The van der Waals surface area contributed by atoms with Crippen molar-refractivity contribution in [3.63, 3.8) is 0 Å². The molecule has 0 aromatic heterocycles. The summed E-state index contributed by atoms with van der Waals surface area (Å²) < 4.78 is 37.1. The minimum Gasteiger partial charge on any atom is -0.482 e. The normalized spacial score (nSPS) is 18.6. The summed E-state index contributed by atoms with van der Waals surface area (Å²) in [6.45, 7) is 1.42. The predicted octanol–water partition coefficient (Wildman–Crippen LogP) is 0.867. The van der Waals surface area contributed by atoms with E-state index in [9.17, 15) is 22.8 Å². The second-order valence-electron chi connectivity index (χ2n) is 6.56. The molecule has 0 saturated carbocycles. The van der Waals surface area contributed by atoms with Crippen LogP contribution in [0.5, 0.6) is 5.75 Å². The number of nitriles is 1. The molecular weight excluding hydrogens is 409 g/mol. The minimum atomic E-state index is -5.08. The largest absolute Gasteiger partial charge is 0.490 e. The second-order valence-corrected chi connectivity index (χ2v) is 6.56. The van der Waals surface area contributed by atoms with Gasteiger partial charge in [-0.2, -0.15) is 18.4 Å². The molecule has 2 aliphatic rings. The molecule has 1 aromatic carbocycles. The highest BCUT2D eigenvalue weighted by Crippen LogP contribution is 2.32. The molecule has 3 rings (SSSR count). The number of benzene rings is 1. The van der Waals surface area contributed by atoms with Gasteiger partial charge in [0.05, 0.1) is 17.3 Å². The summed E-state index contributed by atoms with van der Waals surface area (Å²) in [6, 6.07) is 6.98. The number of alkyl halides is 3. The minimum absolute atomic E-state index is 0.0236. The SMILES string of the molecule is N#Cc1ccc2c(c1)N(CCN1CCC(N)CC1=O)C(=O)CO2.O=C(O)C(F)(F)F. The molecule has 3 N–H and O–H groups in total. The first-order valence-corrected chi connectivity index (χ1v) is 8.83. The number of nitrogens with zero attached hydrogens (tertiary/aromatic N) is 3. The maximum absolute atomic E-state index is 12.2. The fraction of sp³-hybridized carbons (Fsp3) is 0.444. The van der Waals surface area contributed by atoms with Gasteiger partial charge in [0, 0.05) is 32.1 Å². The van der Waals surface area contributed by atoms with Crippen molar-refractivity contribution < 1.29 is 37.4 Å². The monoisotopic (exact) mass is 428 g/mol. The summed E-state index contributed by atoms with van der Waals surface area (Å²) in [5, 5.41) is 16.2. The Bertz CT molecular complexity index is 868. The Hall–Kier alpha value is -3.33. The van der Waals surface area contributed by atoms with Crippen molar-refractivity contribution in [1.29, 1.82) is 5.26 Å². The third-order valence-corrected chi connectivity index (χ3v) is 4.43. The zero-order chi connectivity index (χ0) is 22.5. The standard InChI is InChI=1S/C16H18N4O3.C2HF3O2/c17-9-11-1-2-14-13(7-11)20(16(22)10-23-14)6-5-19-4-3-12(18)8-15(19)21;3-2(4,5)1(6)7/h1-2,7,12H,3-6,8,10,18H2;(H,6,7). The van der Waals surface area contributed by atoms with Gasteiger partial charge in [0.1, 0.15) is 5.75 Å². The number of aliphatic carboxylic acids is 1. The van der Waals surface area contributed by atoms with Gasteiger partial charge in [-0.05, 0) is 24.6 Å². The predicted molar refractivity (Wildman–Crippen MR) is 96.5 cm³/mol. The number of anilines is 1. The van der Waals surface area contributed by atoms with E-state index in [1.54, 1.807) is 28.0 Å². The van der Waals surface area contributed by atoms with Crippen molar-refractivity contribution >= 4 is 23.5 Å². The van der Waals surface area contributed by atoms with Crippen LogP contribution in [0.1, 0.15) is 18.4 Å². The first-order chi connectivity index (χ1) is 14.0. The van der Waals surface area contributed by atoms with Crippen LogP contribution in [0.25, 0.3) is 0 Å². The molecule has 1 unspecified atom stereocenters. The lowest BCUT2D eigenvalue weighted by Crippen LogP contribution is -2.48. The summed E-state index contributed by atoms with van der Waals surface area (Å²) in [7, 11) is 0. The number of carboxylic acids is 1. The molecule has 1 atom stereocenters. The highest BCUT2D eigenvalue weighted by molar-refractivity contribution is 5.98. The highest BCUT2D eigenvalue weighted by atomic mass is 19.4. The Morgan fingerprint density at radius 2 is 1.97 bits per heavy atom. The number of piperidine rings is 1. The Morgan fingerprint density at radius 3 is 2.53 bits per heavy atom. The smallest absolute Gasteiger partial charge is 0.482 e. The van der Waals surface area contributed by atoms with Gasteiger partial charge < -0.3 is 25.4 Å². The van der Waals surface area contributed by atoms with E-state index in [-0.39, 0.29) is 24.5 Å². The number of hydrogen-bond donors (Lipinski definition) is 2. The van der Waals surface area contributed by atoms with Crippen LogP contribution in [0.4, 0.5) is 18.9 Å². The molecule has 1 saturated heterocycles. The summed E-state index contributed by atoms with van der Waals surface area (Å²) in [4.78, 5) is 36.4. The lowest BCUT2D eigenvalue weighted by atomic mass is 10.1. The van der Waals surface area contributed by atoms with Crippen molar-refractivity contribution in [2.24, 2.45) is 5.73 Å². The number of nitrogens with two attached hydrogens (primary N) is 1. The molecule has 12 heteroatoms. The molecule has 162 valence electrons. The van der Waals surface area contributed by atoms with Gasteiger partial charge in [-0.3, -0.25) is 9.59 Å². The second kappa shape index (κ2) is 9.45. The van der Waals surface area contributed by atoms with Crippen LogP contribution in [0.2, 0.25) is 0 Å². The summed E-state index contributed by atoms with van der Waals surface area (Å²) in [5.41, 5.74) is 6.83. The molecule has 0 bridgehead atoms. The average Bonchev–Trinajstić information content (AvgIpc) is 2.67. The van der Waals surface area contributed by atoms with Crippen LogP contribution < -0.4 is 15.4 Å². The number of amides is 2. The fourth-order valence-electron chi connectivity index (χ4n) is 2.88. The van der Waals surface area contributed by atoms with Crippen molar-refractivity contribution in [3.8, 4) is 11.8 Å². The number of rotatable bonds is 3. The maximum atomic E-state index is 12.2. The molecular formula is C18H19F3N4O5. The van der Waals surface area contributed by atoms with Crippen molar-refractivity contribution in [2.75, 3.05) is 31.1 Å². The molecule has 2 amide bonds. The van der Waals surface area contributed by atoms with Crippen LogP contribution in [0.3, 0.4) is 0 Å². The Kier molecular flexibility index (Phi) is 7.23. The van der Waals surface area contributed by atoms with Gasteiger partial charge in [-0.1, -0.05) is 0 Å². The lowest BCUT2D eigenvalue weighted by molar-refractivity contribution is -0.192. The van der Waals surface area contributed by atoms with Crippen molar-refractivity contribution in [1.82, 2.24) is 4.90 Å². The summed E-state index contributed by atoms with van der Waals surface area (Å²) in [5.74, 6) is -2.33. The Labute approximate surface area is 169 Å². The molecule has 30 heavy (non-hydrogen) atoms. The van der Waals surface area contributed by atoms with E-state index >= 15 is 0 Å². The number of halogens is 3. The van der Waals surface area contributed by atoms with Gasteiger partial charge >= 0.3 is 12.1 Å². The van der Waals surface area contributed by atoms with Gasteiger partial charge in [0.25, 0.3) is 5.91 Å². The number of ether oxygens (including phenoxy) is 1. The third kappa shape index (κ3) is 5.84. The quantitative estimate of drug-likeness (QED) is 0.729. The number of carbonyl (C=O) groups is 3. The molecule has 2 aliphatic heterocycles. The maximum Gasteiger partial charge on any atom is 0.490 e. The zero-order valence-corrected chi connectivity index (χ0v) is 15.7. The fourth-order valence-corrected chi connectivity index (χ4v) is 2.88. The summed E-state index contributed by atoms with van der Waals surface area (Å²) >= 11 is 0. The first-order valence-electron chi connectivity index (χ1n) is 8.83. The van der Waals surface area contributed by atoms with E-state index in [2.05, 4.69) is 6.07 Å². The van der Waals surface area contributed by atoms with E-state index in [0.29, 0.717) is 43.1 Å². The van der Waals surface area contributed by atoms with E-state index < -0.39 is 12.1 Å². The van der Waals surface area contributed by atoms with Crippen LogP contribution in [-0.4, -0.2) is 66.2 Å². The van der Waals surface area contributed by atoms with Gasteiger partial charge in [0.15, 0.2) is 6.61 Å². The number of fused-ring (bicyclic) bond motifs is 1. The van der Waals surface area contributed by atoms with E-state index in [1.807, 2.05) is 0 Å². The van der Waals surface area contributed by atoms with Crippen LogP contribution >= 0.6 is 0 Å². The number of carbonyl (C=O) groups excluding carboxylic acids is 2. The molecule has 2 heterocycles. The number of carboxylic acid groups (broad SMARTS) is 1. The lowest BCUT2D eigenvalue weighted by Gasteiger charge is -2.34. The topological polar surface area (TPSA) is 137 Å². The van der Waals surface area contributed by atoms with Crippen LogP contribution in [-0.2, 0) is 14.4 Å². The average molecular weight is 428 g/mol. The third-order valence-electron chi connectivity index (χ3n) is 4.43. The molecule has 1 fully saturated rings. The molecule has 0 spiro atoms. The van der Waals surface area contributed by atoms with Crippen LogP contribution in [0, 0.1) is 11.3 Å². The van der Waals surface area contributed by atoms with Gasteiger partial charge in [0.2, 0.25) is 5.91 Å². The van der Waals surface area contributed by atoms with Gasteiger partial charge in [-0.15, -0.1) is 0 Å². The van der Waals surface area contributed by atoms with Crippen molar-refractivity contribution in [3.05, 3.63) is 23.8 Å². The molecule has 0 radical (unpaired) electrons. The Balaban J connectivity index is 0.000000396. The highest BCUT2D eigenvalue weighted by Gasteiger charge is 2.38. The molecule has 1 aromatic rings. The van der Waals surface area contributed by atoms with Crippen LogP contribution in [0.15, 0.2) is 18.2 Å². The van der Waals surface area contributed by atoms with E-state index in [0.717, 1.165) is 6.42 Å². The van der Waals surface area contributed by atoms with Gasteiger partial charge in [-0.25, -0.2) is 4.79 Å². The number of likely N-dealkylation sites (tertiary alicyclic amines) is 1. The molecule has 0 aliphatic carbocycles. The van der Waals surface area contributed by atoms with E-state index in [1.165, 1.54) is 0 Å². The summed E-state index contributed by atoms with van der Waals surface area (Å²) in [6.07, 6.45) is -3.95. The van der Waals surface area contributed by atoms with Crippen molar-refractivity contribution in [2.45, 2.75) is 25.1 Å². The number of hydrogen-bond acceptors (Lipinski definition) is 6. The zero-order valence-electron chi connectivity index (χ0n) is 15.7. The van der Waals surface area contributed by atoms with E-state index in [4.69, 9.17) is 25.6 Å². The Morgan fingerprint density at radius 1 is 1.30 bits per heavy atom.